The van der Waals surface area contributed by atoms with E-state index >= 15 is 0 Å². The third-order valence-electron chi connectivity index (χ3n) is 3.64. The van der Waals surface area contributed by atoms with Crippen LogP contribution in [0.25, 0.3) is 0 Å². The van der Waals surface area contributed by atoms with Gasteiger partial charge in [0.15, 0.2) is 24.0 Å². The lowest BCUT2D eigenvalue weighted by Gasteiger charge is -2.17. The Morgan fingerprint density at radius 2 is 1.52 bits per heavy atom. The molecule has 27 heavy (non-hydrogen) atoms. The van der Waals surface area contributed by atoms with Gasteiger partial charge in [-0.3, -0.25) is 9.59 Å². The molecule has 2 aromatic rings. The molecule has 0 unspecified atom stereocenters. The molecule has 2 aromatic carbocycles. The summed E-state index contributed by atoms with van der Waals surface area (Å²) in [4.78, 5) is 35.8. The van der Waals surface area contributed by atoms with Gasteiger partial charge < -0.3 is 10.1 Å². The lowest BCUT2D eigenvalue weighted by Crippen LogP contribution is -2.27. The molecule has 2 rings (SSSR count). The van der Waals surface area contributed by atoms with Crippen molar-refractivity contribution in [2.45, 2.75) is 20.8 Å². The predicted octanol–water partition coefficient (Wildman–Crippen LogP) is 3.99. The number of ketones is 1. The zero-order valence-corrected chi connectivity index (χ0v) is 15.1. The zero-order chi connectivity index (χ0) is 20.2. The smallest absolute Gasteiger partial charge is 0.338 e. The number of hydrogen-bond acceptors (Lipinski definition) is 4. The largest absolute Gasteiger partial charge is 0.454 e. The number of rotatable bonds is 5. The van der Waals surface area contributed by atoms with Crippen LogP contribution < -0.4 is 5.32 Å². The lowest BCUT2D eigenvalue weighted by molar-refractivity contribution is -0.123. The minimum absolute atomic E-state index is 0.165. The summed E-state index contributed by atoms with van der Waals surface area (Å²) >= 11 is 0. The van der Waals surface area contributed by atoms with Crippen molar-refractivity contribution in [1.29, 1.82) is 0 Å². The molecule has 7 heteroatoms. The van der Waals surface area contributed by atoms with Crippen molar-refractivity contribution < 1.29 is 27.9 Å². The Labute approximate surface area is 155 Å². The quantitative estimate of drug-likeness (QED) is 0.634. The summed E-state index contributed by atoms with van der Waals surface area (Å²) in [5.41, 5.74) is 0.0664. The Balaban J connectivity index is 1.95. The van der Waals surface area contributed by atoms with Crippen LogP contribution in [-0.4, -0.2) is 24.3 Å². The highest BCUT2D eigenvalue weighted by atomic mass is 19.2. The van der Waals surface area contributed by atoms with Crippen molar-refractivity contribution in [2.24, 2.45) is 5.41 Å². The van der Waals surface area contributed by atoms with Crippen LogP contribution in [0.15, 0.2) is 42.5 Å². The first kappa shape index (κ1) is 20.2. The van der Waals surface area contributed by atoms with Gasteiger partial charge in [0, 0.05) is 16.7 Å². The van der Waals surface area contributed by atoms with E-state index in [1.165, 1.54) is 12.1 Å². The first-order chi connectivity index (χ1) is 12.6. The van der Waals surface area contributed by atoms with Gasteiger partial charge in [0.2, 0.25) is 5.91 Å². The van der Waals surface area contributed by atoms with Crippen LogP contribution in [0.3, 0.4) is 0 Å². The molecule has 0 heterocycles. The Kier molecular flexibility index (Phi) is 6.05. The number of halogens is 2. The molecule has 0 bridgehead atoms. The molecule has 5 nitrogen and oxygen atoms in total. The van der Waals surface area contributed by atoms with Crippen molar-refractivity contribution in [2.75, 3.05) is 11.9 Å². The maximum atomic E-state index is 13.1. The van der Waals surface area contributed by atoms with E-state index in [1.807, 2.05) is 0 Å². The van der Waals surface area contributed by atoms with E-state index in [1.54, 1.807) is 32.9 Å². The minimum atomic E-state index is -1.18. The second-order valence-electron chi connectivity index (χ2n) is 6.91. The number of benzene rings is 2. The Morgan fingerprint density at radius 3 is 2.07 bits per heavy atom. The molecule has 0 saturated carbocycles. The van der Waals surface area contributed by atoms with E-state index in [0.717, 1.165) is 12.1 Å². The molecule has 1 N–H and O–H groups in total. The highest BCUT2D eigenvalue weighted by Crippen LogP contribution is 2.18. The fourth-order valence-corrected chi connectivity index (χ4v) is 1.98. The van der Waals surface area contributed by atoms with Gasteiger partial charge in [0.1, 0.15) is 0 Å². The van der Waals surface area contributed by atoms with Crippen LogP contribution in [0.2, 0.25) is 0 Å². The van der Waals surface area contributed by atoms with E-state index < -0.39 is 35.4 Å². The fraction of sp³-hybridized carbons (Fsp3) is 0.250. The van der Waals surface area contributed by atoms with Gasteiger partial charge in [0.05, 0.1) is 5.56 Å². The molecule has 0 aliphatic heterocycles. The van der Waals surface area contributed by atoms with Crippen LogP contribution in [0, 0.1) is 17.0 Å². The number of carbonyl (C=O) groups is 3. The number of Topliss-reactive ketones (excluding diaryl/α,β-unsaturated/α-hetero) is 1. The van der Waals surface area contributed by atoms with Gasteiger partial charge in [-0.05, 0) is 42.5 Å². The molecule has 0 atom stereocenters. The van der Waals surface area contributed by atoms with Gasteiger partial charge in [0.25, 0.3) is 0 Å². The number of esters is 1. The van der Waals surface area contributed by atoms with Crippen LogP contribution in [0.5, 0.6) is 0 Å². The number of ether oxygens (including phenoxy) is 1. The van der Waals surface area contributed by atoms with Crippen LogP contribution in [0.4, 0.5) is 14.5 Å². The van der Waals surface area contributed by atoms with Crippen molar-refractivity contribution in [3.05, 3.63) is 65.2 Å². The molecule has 142 valence electrons. The molecule has 0 aliphatic rings. The Bertz CT molecular complexity index is 871. The summed E-state index contributed by atoms with van der Waals surface area (Å²) in [6.45, 7) is 4.79. The van der Waals surface area contributed by atoms with Crippen molar-refractivity contribution in [3.8, 4) is 0 Å². The molecule has 0 spiro atoms. The van der Waals surface area contributed by atoms with E-state index in [9.17, 15) is 23.2 Å². The van der Waals surface area contributed by atoms with E-state index in [-0.39, 0.29) is 17.0 Å². The summed E-state index contributed by atoms with van der Waals surface area (Å²) < 4.78 is 30.8. The SMILES string of the molecule is CC(C)(C)C(=O)Nc1ccc(C(=O)COC(=O)c2ccc(F)c(F)c2)cc1. The first-order valence-electron chi connectivity index (χ1n) is 8.15. The monoisotopic (exact) mass is 375 g/mol. The number of carbonyl (C=O) groups excluding carboxylic acids is 3. The third-order valence-corrected chi connectivity index (χ3v) is 3.64. The van der Waals surface area contributed by atoms with E-state index in [0.29, 0.717) is 11.8 Å². The molecule has 0 radical (unpaired) electrons. The standard InChI is InChI=1S/C20H19F2NO4/c1-20(2,3)19(26)23-14-7-4-12(5-8-14)17(24)11-27-18(25)13-6-9-15(21)16(22)10-13/h4-10H,11H2,1-3H3,(H,23,26). The van der Waals surface area contributed by atoms with Crippen LogP contribution in [0.1, 0.15) is 41.5 Å². The molecular weight excluding hydrogens is 356 g/mol. The van der Waals surface area contributed by atoms with E-state index in [2.05, 4.69) is 5.32 Å². The third kappa shape index (κ3) is 5.44. The molecule has 1 amide bonds. The highest BCUT2D eigenvalue weighted by molar-refractivity contribution is 6.00. The Morgan fingerprint density at radius 1 is 0.926 bits per heavy atom. The Hall–Kier alpha value is -3.09. The second kappa shape index (κ2) is 8.07. The normalized spacial score (nSPS) is 11.0. The number of nitrogens with one attached hydrogen (secondary N) is 1. The average Bonchev–Trinajstić information content (AvgIpc) is 2.61. The predicted molar refractivity (Wildman–Crippen MR) is 95.5 cm³/mol. The number of anilines is 1. The fourth-order valence-electron chi connectivity index (χ4n) is 1.98. The highest BCUT2D eigenvalue weighted by Gasteiger charge is 2.21. The maximum absolute atomic E-state index is 13.1. The minimum Gasteiger partial charge on any atom is -0.454 e. The molecule has 0 fully saturated rings. The summed E-state index contributed by atoms with van der Waals surface area (Å²) in [7, 11) is 0. The first-order valence-corrected chi connectivity index (χ1v) is 8.15. The van der Waals surface area contributed by atoms with Gasteiger partial charge in [-0.1, -0.05) is 20.8 Å². The average molecular weight is 375 g/mol. The van der Waals surface area contributed by atoms with Crippen molar-refractivity contribution in [3.63, 3.8) is 0 Å². The van der Waals surface area contributed by atoms with Gasteiger partial charge in [-0.2, -0.15) is 0 Å². The topological polar surface area (TPSA) is 72.5 Å². The van der Waals surface area contributed by atoms with Gasteiger partial charge >= 0.3 is 5.97 Å². The summed E-state index contributed by atoms with van der Waals surface area (Å²) in [5, 5.41) is 2.73. The van der Waals surface area contributed by atoms with Crippen molar-refractivity contribution >= 4 is 23.3 Å². The molecular formula is C20H19F2NO4. The molecule has 0 aromatic heterocycles. The molecule has 0 saturated heterocycles. The van der Waals surface area contributed by atoms with Gasteiger partial charge in [-0.25, -0.2) is 13.6 Å². The van der Waals surface area contributed by atoms with Gasteiger partial charge in [-0.15, -0.1) is 0 Å². The molecule has 0 aliphatic carbocycles. The van der Waals surface area contributed by atoms with Crippen LogP contribution in [-0.2, 0) is 9.53 Å². The number of hydrogen-bond donors (Lipinski definition) is 1. The maximum Gasteiger partial charge on any atom is 0.338 e. The van der Waals surface area contributed by atoms with Crippen molar-refractivity contribution in [1.82, 2.24) is 0 Å². The number of amides is 1. The summed E-state index contributed by atoms with van der Waals surface area (Å²) in [6, 6.07) is 8.69. The summed E-state index contributed by atoms with van der Waals surface area (Å²) in [6.07, 6.45) is 0. The summed E-state index contributed by atoms with van der Waals surface area (Å²) in [5.74, 6) is -3.83. The van der Waals surface area contributed by atoms with Crippen LogP contribution >= 0.6 is 0 Å². The lowest BCUT2D eigenvalue weighted by atomic mass is 9.95. The zero-order valence-electron chi connectivity index (χ0n) is 15.1. The van der Waals surface area contributed by atoms with E-state index in [4.69, 9.17) is 4.74 Å². The second-order valence-corrected chi connectivity index (χ2v) is 6.91.